The van der Waals surface area contributed by atoms with Gasteiger partial charge in [0.25, 0.3) is 22.7 Å². The predicted molar refractivity (Wildman–Crippen MR) is 198 cm³/mol. The molecule has 10 heteroatoms. The maximum Gasteiger partial charge on any atom is 2.00 e. The zero-order valence-electron chi connectivity index (χ0n) is 28.2. The number of hydrogen-bond acceptors (Lipinski definition) is 2. The van der Waals surface area contributed by atoms with Gasteiger partial charge in [-0.05, 0) is 10.8 Å². The predicted octanol–water partition coefficient (Wildman–Crippen LogP) is 7.94. The summed E-state index contributed by atoms with van der Waals surface area (Å²) in [5, 5.41) is 17.5. The summed E-state index contributed by atoms with van der Waals surface area (Å²) in [5.74, 6) is 0. The summed E-state index contributed by atoms with van der Waals surface area (Å²) in [5.41, 5.74) is 8.59. The molecule has 0 unspecified atom stereocenters. The van der Waals surface area contributed by atoms with Gasteiger partial charge in [0.1, 0.15) is 11.4 Å². The number of nitrogens with zero attached hydrogens (tertiary/aromatic N) is 8. The quantitative estimate of drug-likeness (QED) is 0.130. The molecule has 0 spiro atoms. The van der Waals surface area contributed by atoms with E-state index in [-0.39, 0.29) is 42.1 Å². The van der Waals surface area contributed by atoms with Crippen LogP contribution in [0.15, 0.2) is 158 Å². The van der Waals surface area contributed by atoms with Crippen molar-refractivity contribution in [3.8, 4) is 0 Å². The number of fused-ring (bicyclic) bond motifs is 4. The SMILES string of the molecule is C[N+]1=C=[N+](c2[c-]cccc2)c2ccccc21.C[N+]1=C=[N+](c2[c-]cccc2)c2ccccc21.[Pt+2].[Pt+2].c1ccc2[n-]ncc2c1.c1ccc2[n-]ncc2c1. The molecule has 2 aliphatic heterocycles. The first-order chi connectivity index (χ1) is 24.7. The number of rotatable bonds is 2. The van der Waals surface area contributed by atoms with Crippen LogP contribution in [0.5, 0.6) is 0 Å². The van der Waals surface area contributed by atoms with Crippen LogP contribution in [-0.4, -0.2) is 45.5 Å². The first kappa shape index (κ1) is 37.6. The Balaban J connectivity index is 0.000000137. The second-order valence-corrected chi connectivity index (χ2v) is 11.3. The molecule has 10 rings (SSSR count). The minimum atomic E-state index is 0. The van der Waals surface area contributed by atoms with Gasteiger partial charge in [0, 0.05) is 36.7 Å². The van der Waals surface area contributed by atoms with E-state index >= 15 is 0 Å². The maximum absolute atomic E-state index is 3.87. The minimum Gasteiger partial charge on any atom is -0.575 e. The Morgan fingerprint density at radius 1 is 0.462 bits per heavy atom. The van der Waals surface area contributed by atoms with Gasteiger partial charge in [-0.25, -0.2) is 0 Å². The summed E-state index contributed by atoms with van der Waals surface area (Å²) in [6.45, 7) is 0. The summed E-state index contributed by atoms with van der Waals surface area (Å²) in [6, 6.07) is 61.1. The van der Waals surface area contributed by atoms with E-state index in [0.29, 0.717) is 0 Å². The van der Waals surface area contributed by atoms with E-state index in [2.05, 4.69) is 68.8 Å². The van der Waals surface area contributed by atoms with Crippen molar-refractivity contribution in [1.82, 2.24) is 29.5 Å². The fraction of sp³-hybridized carbons (Fsp3) is 0.0476. The average molecular weight is 1040 g/mol. The fourth-order valence-corrected chi connectivity index (χ4v) is 5.48. The monoisotopic (exact) mass is 1040 g/mol. The van der Waals surface area contributed by atoms with E-state index in [1.54, 1.807) is 12.4 Å². The minimum absolute atomic E-state index is 0. The van der Waals surface area contributed by atoms with Crippen molar-refractivity contribution in [2.24, 2.45) is 0 Å². The van der Waals surface area contributed by atoms with Crippen LogP contribution < -0.4 is 19.3 Å². The van der Waals surface area contributed by atoms with Crippen LogP contribution in [-0.2, 0) is 42.1 Å². The Labute approximate surface area is 331 Å². The van der Waals surface area contributed by atoms with Gasteiger partial charge in [-0.2, -0.15) is 36.4 Å². The number of benzene rings is 6. The summed E-state index contributed by atoms with van der Waals surface area (Å²) in [7, 11) is 4.00. The van der Waals surface area contributed by atoms with Gasteiger partial charge in [0.2, 0.25) is 0 Å². The third-order valence-electron chi connectivity index (χ3n) is 7.93. The Kier molecular flexibility index (Phi) is 13.1. The van der Waals surface area contributed by atoms with E-state index < -0.39 is 0 Å². The molecule has 0 fully saturated rings. The number of aromatic nitrogens is 4. The summed E-state index contributed by atoms with van der Waals surface area (Å²) in [6.07, 6.45) is 3.52. The first-order valence-corrected chi connectivity index (χ1v) is 16.0. The van der Waals surface area contributed by atoms with E-state index in [0.717, 1.165) is 44.6 Å². The molecule has 4 heterocycles. The van der Waals surface area contributed by atoms with Crippen LogP contribution in [0.25, 0.3) is 21.8 Å². The second kappa shape index (κ2) is 18.1. The zero-order chi connectivity index (χ0) is 34.1. The van der Waals surface area contributed by atoms with Crippen molar-refractivity contribution in [3.05, 3.63) is 170 Å². The largest absolute Gasteiger partial charge is 2.00 e. The molecule has 0 amide bonds. The van der Waals surface area contributed by atoms with E-state index in [9.17, 15) is 0 Å². The van der Waals surface area contributed by atoms with Gasteiger partial charge in [-0.1, -0.05) is 103 Å². The molecule has 0 atom stereocenters. The van der Waals surface area contributed by atoms with Crippen molar-refractivity contribution in [1.29, 1.82) is 0 Å². The van der Waals surface area contributed by atoms with Gasteiger partial charge in [0.15, 0.2) is 14.1 Å². The topological polar surface area (TPSA) is 66.0 Å². The molecule has 8 aromatic rings. The van der Waals surface area contributed by atoms with Gasteiger partial charge in [0.05, 0.1) is 0 Å². The molecule has 0 radical (unpaired) electrons. The smallest absolute Gasteiger partial charge is 0.575 e. The van der Waals surface area contributed by atoms with E-state index in [4.69, 9.17) is 0 Å². The average Bonchev–Trinajstić information content (AvgIpc) is 3.99. The van der Waals surface area contributed by atoms with E-state index in [1.807, 2.05) is 154 Å². The maximum atomic E-state index is 3.87. The van der Waals surface area contributed by atoms with Crippen molar-refractivity contribution in [2.45, 2.75) is 0 Å². The second-order valence-electron chi connectivity index (χ2n) is 11.3. The molecule has 0 saturated heterocycles. The van der Waals surface area contributed by atoms with Crippen LogP contribution in [0.2, 0.25) is 0 Å². The van der Waals surface area contributed by atoms with Crippen LogP contribution in [0.4, 0.5) is 34.1 Å². The third-order valence-corrected chi connectivity index (χ3v) is 7.93. The molecule has 2 aromatic heterocycles. The van der Waals surface area contributed by atoms with Gasteiger partial charge >= 0.3 is 54.1 Å². The molecule has 0 bridgehead atoms. The molecule has 0 N–H and O–H groups in total. The molecule has 6 aromatic carbocycles. The summed E-state index contributed by atoms with van der Waals surface area (Å²) >= 11 is 0. The molecule has 8 nitrogen and oxygen atoms in total. The molecular weight excluding hydrogens is 1010 g/mol. The summed E-state index contributed by atoms with van der Waals surface area (Å²) in [4.78, 5) is 0. The van der Waals surface area contributed by atoms with Crippen LogP contribution >= 0.6 is 0 Å². The summed E-state index contributed by atoms with van der Waals surface area (Å²) < 4.78 is 8.04. The van der Waals surface area contributed by atoms with Crippen LogP contribution in [0.3, 0.4) is 0 Å². The zero-order valence-corrected chi connectivity index (χ0v) is 32.8. The van der Waals surface area contributed by atoms with Crippen LogP contribution in [0, 0.1) is 12.1 Å². The van der Waals surface area contributed by atoms with Gasteiger partial charge in [-0.15, -0.1) is 23.2 Å². The molecular formula is C42H32N8Pt2+4. The Bertz CT molecular complexity index is 2300. The van der Waals surface area contributed by atoms with Crippen molar-refractivity contribution >= 4 is 67.9 Å². The van der Waals surface area contributed by atoms with Gasteiger partial charge in [-0.3, -0.25) is 0 Å². The van der Waals surface area contributed by atoms with Crippen molar-refractivity contribution in [3.63, 3.8) is 0 Å². The normalized spacial score (nSPS) is 11.6. The Morgan fingerprint density at radius 2 is 0.827 bits per heavy atom. The van der Waals surface area contributed by atoms with Crippen LogP contribution in [0.1, 0.15) is 0 Å². The fourth-order valence-electron chi connectivity index (χ4n) is 5.48. The van der Waals surface area contributed by atoms with E-state index in [1.165, 1.54) is 11.4 Å². The van der Waals surface area contributed by atoms with Crippen molar-refractivity contribution < 1.29 is 51.3 Å². The number of hydrogen-bond donors (Lipinski definition) is 0. The third kappa shape index (κ3) is 8.64. The molecule has 2 aliphatic rings. The number of para-hydroxylation sites is 6. The molecule has 0 aliphatic carbocycles. The van der Waals surface area contributed by atoms with Gasteiger partial charge < -0.3 is 20.4 Å². The Hall–Kier alpha value is -5.60. The molecule has 0 saturated carbocycles. The molecule has 256 valence electrons. The standard InChI is InChI=1S/2C14H11N2.2C7H5N2.2Pt/c2*1-15-11-16(12-7-3-2-4-8-12)14-10-6-5-9-13(14)15;2*1-2-4-7-6(3-1)5-8-9-7;;/h2*2-7,9-10H,1H3;2*1-5H;;/q2*+1;2*-1;2*+2. The molecule has 52 heavy (non-hydrogen) atoms. The Morgan fingerprint density at radius 3 is 1.21 bits per heavy atom. The van der Waals surface area contributed by atoms with Crippen molar-refractivity contribution in [2.75, 3.05) is 14.1 Å². The first-order valence-electron chi connectivity index (χ1n) is 16.0.